The van der Waals surface area contributed by atoms with Crippen molar-refractivity contribution in [2.75, 3.05) is 19.6 Å². The molecule has 0 aromatic rings. The van der Waals surface area contributed by atoms with Gasteiger partial charge >= 0.3 is 0 Å². The normalized spacial score (nSPS) is 33.2. The number of carbonyl (C=O) groups is 1. The average Bonchev–Trinajstić information content (AvgIpc) is 2.59. The number of hydrogen-bond donors (Lipinski definition) is 1. The smallest absolute Gasteiger partial charge is 0.236 e. The molecular weight excluding hydrogens is 164 g/mol. The second kappa shape index (κ2) is 3.66. The molecule has 2 fully saturated rings. The summed E-state index contributed by atoms with van der Waals surface area (Å²) in [6.07, 6.45) is 5.34. The van der Waals surface area contributed by atoms with E-state index in [2.05, 4.69) is 0 Å². The highest BCUT2D eigenvalue weighted by Crippen LogP contribution is 2.35. The van der Waals surface area contributed by atoms with Crippen LogP contribution in [0.25, 0.3) is 0 Å². The van der Waals surface area contributed by atoms with E-state index in [1.165, 1.54) is 25.7 Å². The maximum absolute atomic E-state index is 11.4. The van der Waals surface area contributed by atoms with E-state index in [1.807, 2.05) is 4.90 Å². The van der Waals surface area contributed by atoms with Crippen molar-refractivity contribution in [2.45, 2.75) is 25.7 Å². The topological polar surface area (TPSA) is 46.3 Å². The van der Waals surface area contributed by atoms with Crippen molar-refractivity contribution in [1.29, 1.82) is 0 Å². The van der Waals surface area contributed by atoms with E-state index in [1.54, 1.807) is 0 Å². The first kappa shape index (κ1) is 9.00. The van der Waals surface area contributed by atoms with Gasteiger partial charge in [0.1, 0.15) is 0 Å². The fourth-order valence-electron chi connectivity index (χ4n) is 2.74. The summed E-state index contributed by atoms with van der Waals surface area (Å²) in [6, 6.07) is 0. The van der Waals surface area contributed by atoms with Gasteiger partial charge in [-0.2, -0.15) is 0 Å². The molecule has 2 aliphatic rings. The fourth-order valence-corrected chi connectivity index (χ4v) is 2.74. The first-order valence-electron chi connectivity index (χ1n) is 5.29. The van der Waals surface area contributed by atoms with Gasteiger partial charge in [-0.15, -0.1) is 0 Å². The largest absolute Gasteiger partial charge is 0.341 e. The lowest BCUT2D eigenvalue weighted by molar-refractivity contribution is -0.128. The van der Waals surface area contributed by atoms with Crippen molar-refractivity contribution in [3.8, 4) is 0 Å². The molecule has 2 N–H and O–H groups in total. The summed E-state index contributed by atoms with van der Waals surface area (Å²) in [4.78, 5) is 13.3. The number of amides is 1. The number of rotatable bonds is 1. The van der Waals surface area contributed by atoms with Crippen molar-refractivity contribution >= 4 is 5.91 Å². The molecule has 0 radical (unpaired) electrons. The number of hydrogen-bond acceptors (Lipinski definition) is 2. The molecule has 1 saturated heterocycles. The minimum absolute atomic E-state index is 0.134. The lowest BCUT2D eigenvalue weighted by Gasteiger charge is -2.22. The van der Waals surface area contributed by atoms with Crippen LogP contribution in [0.1, 0.15) is 25.7 Å². The zero-order valence-electron chi connectivity index (χ0n) is 8.04. The van der Waals surface area contributed by atoms with E-state index in [0.717, 1.165) is 24.9 Å². The molecule has 2 rings (SSSR count). The lowest BCUT2D eigenvalue weighted by Crippen LogP contribution is -2.34. The summed E-state index contributed by atoms with van der Waals surface area (Å²) < 4.78 is 0. The lowest BCUT2D eigenvalue weighted by atomic mass is 9.82. The van der Waals surface area contributed by atoms with Gasteiger partial charge in [-0.1, -0.05) is 12.8 Å². The van der Waals surface area contributed by atoms with Gasteiger partial charge in [0.15, 0.2) is 0 Å². The van der Waals surface area contributed by atoms with E-state index in [-0.39, 0.29) is 12.5 Å². The molecule has 2 atom stereocenters. The maximum atomic E-state index is 11.4. The zero-order chi connectivity index (χ0) is 9.26. The van der Waals surface area contributed by atoms with Crippen LogP contribution in [-0.2, 0) is 4.79 Å². The van der Waals surface area contributed by atoms with Crippen LogP contribution < -0.4 is 5.73 Å². The Labute approximate surface area is 79.3 Å². The monoisotopic (exact) mass is 182 g/mol. The van der Waals surface area contributed by atoms with Crippen molar-refractivity contribution < 1.29 is 4.79 Å². The van der Waals surface area contributed by atoms with Crippen LogP contribution in [0.15, 0.2) is 0 Å². The Hall–Kier alpha value is -0.570. The fraction of sp³-hybridized carbons (Fsp3) is 0.900. The van der Waals surface area contributed by atoms with Crippen LogP contribution in [0.3, 0.4) is 0 Å². The Morgan fingerprint density at radius 2 is 1.77 bits per heavy atom. The standard InChI is InChI=1S/C10H18N2O/c11-5-10(13)12-6-8-3-1-2-4-9(8)7-12/h8-9H,1-7,11H2. The van der Waals surface area contributed by atoms with Gasteiger partial charge < -0.3 is 10.6 Å². The minimum atomic E-state index is 0.134. The van der Waals surface area contributed by atoms with Crippen LogP contribution >= 0.6 is 0 Å². The van der Waals surface area contributed by atoms with E-state index in [0.29, 0.717) is 0 Å². The second-order valence-electron chi connectivity index (χ2n) is 4.31. The van der Waals surface area contributed by atoms with E-state index in [4.69, 9.17) is 5.73 Å². The van der Waals surface area contributed by atoms with E-state index >= 15 is 0 Å². The quantitative estimate of drug-likeness (QED) is 0.645. The zero-order valence-corrected chi connectivity index (χ0v) is 8.04. The second-order valence-corrected chi connectivity index (χ2v) is 4.31. The molecule has 2 unspecified atom stereocenters. The summed E-state index contributed by atoms with van der Waals surface area (Å²) in [5.74, 6) is 1.70. The van der Waals surface area contributed by atoms with Crippen LogP contribution in [0.5, 0.6) is 0 Å². The SMILES string of the molecule is NCC(=O)N1CC2CCCCC2C1. The Bertz CT molecular complexity index is 191. The molecule has 1 aliphatic heterocycles. The number of nitrogens with two attached hydrogens (primary N) is 1. The number of carbonyl (C=O) groups excluding carboxylic acids is 1. The third-order valence-electron chi connectivity index (χ3n) is 3.50. The Kier molecular flexibility index (Phi) is 2.54. The first-order chi connectivity index (χ1) is 6.31. The van der Waals surface area contributed by atoms with Crippen molar-refractivity contribution in [3.05, 3.63) is 0 Å². The molecule has 74 valence electrons. The molecule has 0 bridgehead atoms. The predicted molar refractivity (Wildman–Crippen MR) is 51.1 cm³/mol. The highest BCUT2D eigenvalue weighted by atomic mass is 16.2. The van der Waals surface area contributed by atoms with Crippen LogP contribution in [0.4, 0.5) is 0 Å². The molecule has 1 saturated carbocycles. The van der Waals surface area contributed by atoms with Gasteiger partial charge in [0.25, 0.3) is 0 Å². The van der Waals surface area contributed by atoms with Gasteiger partial charge in [-0.3, -0.25) is 4.79 Å². The highest BCUT2D eigenvalue weighted by Gasteiger charge is 2.35. The van der Waals surface area contributed by atoms with E-state index in [9.17, 15) is 4.79 Å². The predicted octanol–water partition coefficient (Wildman–Crippen LogP) is 0.594. The highest BCUT2D eigenvalue weighted by molar-refractivity contribution is 5.78. The molecule has 0 aromatic carbocycles. The summed E-state index contributed by atoms with van der Waals surface area (Å²) in [6.45, 7) is 2.13. The van der Waals surface area contributed by atoms with Crippen LogP contribution in [-0.4, -0.2) is 30.4 Å². The third kappa shape index (κ3) is 1.70. The van der Waals surface area contributed by atoms with Crippen molar-refractivity contribution in [1.82, 2.24) is 4.90 Å². The number of fused-ring (bicyclic) bond motifs is 1. The Morgan fingerprint density at radius 3 is 2.23 bits per heavy atom. The Balaban J connectivity index is 1.94. The van der Waals surface area contributed by atoms with Crippen molar-refractivity contribution in [3.63, 3.8) is 0 Å². The molecule has 3 nitrogen and oxygen atoms in total. The van der Waals surface area contributed by atoms with E-state index < -0.39 is 0 Å². The molecule has 1 aliphatic carbocycles. The van der Waals surface area contributed by atoms with Crippen LogP contribution in [0, 0.1) is 11.8 Å². The summed E-state index contributed by atoms with van der Waals surface area (Å²) >= 11 is 0. The summed E-state index contributed by atoms with van der Waals surface area (Å²) in [5, 5.41) is 0. The maximum Gasteiger partial charge on any atom is 0.236 e. The minimum Gasteiger partial charge on any atom is -0.341 e. The van der Waals surface area contributed by atoms with Gasteiger partial charge in [0, 0.05) is 13.1 Å². The van der Waals surface area contributed by atoms with Gasteiger partial charge in [0.05, 0.1) is 6.54 Å². The number of likely N-dealkylation sites (tertiary alicyclic amines) is 1. The van der Waals surface area contributed by atoms with Crippen molar-refractivity contribution in [2.24, 2.45) is 17.6 Å². The molecular formula is C10H18N2O. The molecule has 0 aromatic heterocycles. The number of nitrogens with zero attached hydrogens (tertiary/aromatic N) is 1. The molecule has 13 heavy (non-hydrogen) atoms. The molecule has 0 spiro atoms. The van der Waals surface area contributed by atoms with Gasteiger partial charge in [-0.05, 0) is 24.7 Å². The Morgan fingerprint density at radius 1 is 1.23 bits per heavy atom. The van der Waals surface area contributed by atoms with Crippen LogP contribution in [0.2, 0.25) is 0 Å². The molecule has 3 heteroatoms. The first-order valence-corrected chi connectivity index (χ1v) is 5.29. The summed E-state index contributed by atoms with van der Waals surface area (Å²) in [5.41, 5.74) is 5.35. The summed E-state index contributed by atoms with van der Waals surface area (Å²) in [7, 11) is 0. The van der Waals surface area contributed by atoms with Gasteiger partial charge in [-0.25, -0.2) is 0 Å². The average molecular weight is 182 g/mol. The third-order valence-corrected chi connectivity index (χ3v) is 3.50. The molecule has 1 heterocycles. The molecule has 1 amide bonds. The van der Waals surface area contributed by atoms with Gasteiger partial charge in [0.2, 0.25) is 5.91 Å².